The molecule has 1 N–H and O–H groups in total. The zero-order valence-corrected chi connectivity index (χ0v) is 22.9. The van der Waals surface area contributed by atoms with Crippen LogP contribution in [0.4, 0.5) is 21.6 Å². The van der Waals surface area contributed by atoms with E-state index in [-0.39, 0.29) is 22.0 Å². The van der Waals surface area contributed by atoms with Gasteiger partial charge in [-0.15, -0.1) is 5.11 Å². The molecule has 1 aliphatic rings. The van der Waals surface area contributed by atoms with Crippen molar-refractivity contribution in [3.8, 4) is 0 Å². The number of carbonyl (C=O) groups excluding carboxylic acids is 1. The Kier molecular flexibility index (Phi) is 6.41. The molecule has 2 bridgehead atoms. The topological polar surface area (TPSA) is 132 Å². The average Bonchev–Trinajstić information content (AvgIpc) is 3.18. The van der Waals surface area contributed by atoms with E-state index in [9.17, 15) is 17.6 Å². The molecule has 0 radical (unpaired) electrons. The summed E-state index contributed by atoms with van der Waals surface area (Å²) < 4.78 is 43.0. The van der Waals surface area contributed by atoms with Crippen molar-refractivity contribution in [2.45, 2.75) is 31.6 Å². The minimum absolute atomic E-state index is 0.0216. The monoisotopic (exact) mass is 569 g/mol. The smallest absolute Gasteiger partial charge is 0.267 e. The van der Waals surface area contributed by atoms with E-state index in [1.165, 1.54) is 59.4 Å². The number of sulfonamides is 1. The number of nitrogens with zero attached hydrogens (tertiary/aromatic N) is 6. The van der Waals surface area contributed by atoms with Crippen molar-refractivity contribution >= 4 is 44.2 Å². The molecular weight excluding hydrogens is 545 g/mol. The highest BCUT2D eigenvalue weighted by Gasteiger charge is 2.35. The zero-order chi connectivity index (χ0) is 28.8. The fraction of sp³-hybridized carbons (Fsp3) is 0.172. The van der Waals surface area contributed by atoms with E-state index < -0.39 is 15.8 Å². The highest BCUT2D eigenvalue weighted by Crippen LogP contribution is 2.41. The van der Waals surface area contributed by atoms with Crippen LogP contribution in [0.15, 0.2) is 94.1 Å². The predicted molar refractivity (Wildman–Crippen MR) is 151 cm³/mol. The van der Waals surface area contributed by atoms with Crippen molar-refractivity contribution in [3.63, 3.8) is 0 Å². The molecule has 2 heterocycles. The molecule has 1 aliphatic carbocycles. The van der Waals surface area contributed by atoms with Gasteiger partial charge in [-0.1, -0.05) is 26.0 Å². The summed E-state index contributed by atoms with van der Waals surface area (Å²) in [5, 5.41) is 13.2. The highest BCUT2D eigenvalue weighted by molar-refractivity contribution is 7.92. The van der Waals surface area contributed by atoms with Gasteiger partial charge in [0.1, 0.15) is 11.5 Å². The summed E-state index contributed by atoms with van der Waals surface area (Å²) >= 11 is 0. The van der Waals surface area contributed by atoms with Crippen LogP contribution in [0.2, 0.25) is 0 Å². The van der Waals surface area contributed by atoms with Gasteiger partial charge in [-0.25, -0.2) is 17.8 Å². The molecule has 0 atom stereocenters. The number of para-hydroxylation sites is 2. The second-order valence-electron chi connectivity index (χ2n) is 10.5. The minimum atomic E-state index is -3.92. The van der Waals surface area contributed by atoms with E-state index in [1.807, 2.05) is 6.07 Å². The lowest BCUT2D eigenvalue weighted by atomic mass is 9.79. The van der Waals surface area contributed by atoms with E-state index in [0.29, 0.717) is 52.2 Å². The van der Waals surface area contributed by atoms with Gasteiger partial charge in [0.15, 0.2) is 5.82 Å². The van der Waals surface area contributed by atoms with Gasteiger partial charge in [-0.2, -0.15) is 14.9 Å². The van der Waals surface area contributed by atoms with Gasteiger partial charge < -0.3 is 0 Å². The first-order valence-corrected chi connectivity index (χ1v) is 14.2. The third-order valence-electron chi connectivity index (χ3n) is 6.70. The third kappa shape index (κ3) is 5.33. The van der Waals surface area contributed by atoms with Crippen LogP contribution in [0.3, 0.4) is 0 Å². The summed E-state index contributed by atoms with van der Waals surface area (Å²) in [6, 6.07) is 18.4. The second kappa shape index (κ2) is 9.97. The normalized spacial score (nSPS) is 14.4. The van der Waals surface area contributed by atoms with Crippen molar-refractivity contribution in [2.24, 2.45) is 15.6 Å². The van der Waals surface area contributed by atoms with Crippen LogP contribution in [0.1, 0.15) is 35.6 Å². The number of benzene rings is 3. The molecule has 3 aromatic carbocycles. The molecule has 0 saturated heterocycles. The third-order valence-corrected chi connectivity index (χ3v) is 8.07. The highest BCUT2D eigenvalue weighted by atomic mass is 32.2. The Labute approximate surface area is 235 Å². The molecule has 0 aliphatic heterocycles. The van der Waals surface area contributed by atoms with E-state index >= 15 is 0 Å². The van der Waals surface area contributed by atoms with Crippen molar-refractivity contribution < 1.29 is 17.6 Å². The lowest BCUT2D eigenvalue weighted by Crippen LogP contribution is -2.23. The molecule has 5 aromatic rings. The summed E-state index contributed by atoms with van der Waals surface area (Å²) in [6.45, 7) is 4.16. The van der Waals surface area contributed by atoms with E-state index in [1.54, 1.807) is 18.2 Å². The van der Waals surface area contributed by atoms with Gasteiger partial charge in [0.2, 0.25) is 0 Å². The molecule has 0 amide bonds. The quantitative estimate of drug-likeness (QED) is 0.250. The van der Waals surface area contributed by atoms with Crippen molar-refractivity contribution in [1.82, 2.24) is 19.7 Å². The van der Waals surface area contributed by atoms with E-state index in [0.717, 1.165) is 0 Å². The summed E-state index contributed by atoms with van der Waals surface area (Å²) in [5.74, 6) is -0.699. The van der Waals surface area contributed by atoms with Crippen LogP contribution in [0, 0.1) is 11.2 Å². The Hall–Kier alpha value is -4.84. The standard InChI is InChI=1S/C29H24FN7O3S/c1-29(2)15-24-27(25(16-29)37(35-24)28(38)18-7-9-19(30)10-8-18)34-33-20-11-13-21(14-12-20)41(39,40)36-26-17-31-22-5-3-4-6-23(22)32-26/h3-14,17H,15-16H2,1-2H3,(H,32,36). The van der Waals surface area contributed by atoms with Gasteiger partial charge >= 0.3 is 0 Å². The lowest BCUT2D eigenvalue weighted by Gasteiger charge is -2.26. The van der Waals surface area contributed by atoms with Crippen LogP contribution in [0.25, 0.3) is 11.0 Å². The molecule has 6 rings (SSSR count). The fourth-order valence-corrected chi connectivity index (χ4v) is 5.73. The Morgan fingerprint density at radius 2 is 1.66 bits per heavy atom. The minimum Gasteiger partial charge on any atom is -0.267 e. The fourth-order valence-electron chi connectivity index (χ4n) is 4.74. The largest absolute Gasteiger partial charge is 0.278 e. The number of aromatic nitrogens is 4. The summed E-state index contributed by atoms with van der Waals surface area (Å²) in [4.78, 5) is 21.7. The van der Waals surface area contributed by atoms with Crippen molar-refractivity contribution in [1.29, 1.82) is 0 Å². The zero-order valence-electron chi connectivity index (χ0n) is 22.1. The number of hydrogen-bond acceptors (Lipinski definition) is 8. The Morgan fingerprint density at radius 1 is 0.951 bits per heavy atom. The number of azo groups is 1. The molecule has 206 valence electrons. The van der Waals surface area contributed by atoms with Crippen LogP contribution in [0.5, 0.6) is 0 Å². The molecule has 0 spiro atoms. The maximum Gasteiger partial charge on any atom is 0.278 e. The van der Waals surface area contributed by atoms with Crippen LogP contribution < -0.4 is 4.72 Å². The lowest BCUT2D eigenvalue weighted by molar-refractivity contribution is 0.0941. The first kappa shape index (κ1) is 26.4. The molecule has 0 fully saturated rings. The van der Waals surface area contributed by atoms with Crippen LogP contribution >= 0.6 is 0 Å². The molecule has 41 heavy (non-hydrogen) atoms. The Morgan fingerprint density at radius 3 is 2.39 bits per heavy atom. The van der Waals surface area contributed by atoms with Crippen LogP contribution in [-0.2, 0) is 22.9 Å². The molecule has 0 unspecified atom stereocenters. The molecular formula is C29H24FN7O3S. The number of hydrogen-bond donors (Lipinski definition) is 1. The maximum absolute atomic E-state index is 13.4. The van der Waals surface area contributed by atoms with Crippen molar-refractivity contribution in [2.75, 3.05) is 4.72 Å². The number of fused-ring (bicyclic) bond motifs is 3. The number of halogens is 1. The molecule has 12 heteroatoms. The number of nitrogens with one attached hydrogen (secondary N) is 1. The summed E-state index contributed by atoms with van der Waals surface area (Å²) in [7, 11) is -3.92. The number of rotatable bonds is 6. The Balaban J connectivity index is 1.24. The molecule has 0 saturated carbocycles. The first-order chi connectivity index (χ1) is 19.6. The summed E-state index contributed by atoms with van der Waals surface area (Å²) in [6.07, 6.45) is 2.50. The Bertz CT molecular complexity index is 1930. The van der Waals surface area contributed by atoms with Gasteiger partial charge in [0.25, 0.3) is 15.9 Å². The SMILES string of the molecule is CC1(C)Cc2nn(C(=O)c3ccc(F)cc3)c(c2N=Nc2ccc(S(=O)(=O)Nc3cnc4ccccc4n3)cc2)C1. The first-order valence-electron chi connectivity index (χ1n) is 12.8. The van der Waals surface area contributed by atoms with Gasteiger partial charge in [-0.3, -0.25) is 14.5 Å². The summed E-state index contributed by atoms with van der Waals surface area (Å²) in [5.41, 5.74) is 3.58. The maximum atomic E-state index is 13.4. The number of carbonyl (C=O) groups is 1. The molecule has 2 aromatic heterocycles. The average molecular weight is 570 g/mol. The van der Waals surface area contributed by atoms with Gasteiger partial charge in [-0.05, 0) is 78.9 Å². The second-order valence-corrected chi connectivity index (χ2v) is 12.2. The van der Waals surface area contributed by atoms with Crippen molar-refractivity contribution in [3.05, 3.63) is 102 Å². The predicted octanol–water partition coefficient (Wildman–Crippen LogP) is 5.99. The van der Waals surface area contributed by atoms with E-state index in [4.69, 9.17) is 0 Å². The van der Waals surface area contributed by atoms with Gasteiger partial charge in [0, 0.05) is 5.56 Å². The van der Waals surface area contributed by atoms with Crippen LogP contribution in [-0.4, -0.2) is 34.1 Å². The van der Waals surface area contributed by atoms with Gasteiger partial charge in [0.05, 0.1) is 39.2 Å². The number of anilines is 1. The van der Waals surface area contributed by atoms with E-state index in [2.05, 4.69) is 43.9 Å². The molecule has 10 nitrogen and oxygen atoms in total.